The van der Waals surface area contributed by atoms with E-state index < -0.39 is 5.97 Å². The number of aromatic carboxylic acids is 1. The van der Waals surface area contributed by atoms with Crippen LogP contribution in [-0.2, 0) is 23.7 Å². The summed E-state index contributed by atoms with van der Waals surface area (Å²) in [6.45, 7) is 9.49. The zero-order chi connectivity index (χ0) is 22.0. The van der Waals surface area contributed by atoms with Gasteiger partial charge in [-0.15, -0.1) is 0 Å². The zero-order valence-corrected chi connectivity index (χ0v) is 18.7. The highest BCUT2D eigenvalue weighted by Gasteiger charge is 2.38. The van der Waals surface area contributed by atoms with Crippen LogP contribution in [0.15, 0.2) is 48.5 Å². The topological polar surface area (TPSA) is 50.2 Å². The molecular formula is C28H29NO2. The van der Waals surface area contributed by atoms with E-state index in [4.69, 9.17) is 4.98 Å². The number of carbonyl (C=O) groups is 1. The first-order valence-electron chi connectivity index (χ1n) is 11.2. The number of rotatable bonds is 2. The summed E-state index contributed by atoms with van der Waals surface area (Å²) < 4.78 is 0. The van der Waals surface area contributed by atoms with Crippen LogP contribution in [0, 0.1) is 0 Å². The predicted molar refractivity (Wildman–Crippen MR) is 125 cm³/mol. The van der Waals surface area contributed by atoms with Gasteiger partial charge in [0.25, 0.3) is 0 Å². The molecule has 0 atom stereocenters. The number of aromatic nitrogens is 1. The van der Waals surface area contributed by atoms with Crippen LogP contribution in [0.1, 0.15) is 73.1 Å². The van der Waals surface area contributed by atoms with Gasteiger partial charge >= 0.3 is 5.97 Å². The van der Waals surface area contributed by atoms with Crippen molar-refractivity contribution < 1.29 is 9.90 Å². The smallest absolute Gasteiger partial charge is 0.335 e. The molecule has 0 unspecified atom stereocenters. The van der Waals surface area contributed by atoms with Crippen LogP contribution in [0.5, 0.6) is 0 Å². The molecule has 0 radical (unpaired) electrons. The van der Waals surface area contributed by atoms with Gasteiger partial charge in [-0.25, -0.2) is 9.78 Å². The van der Waals surface area contributed by atoms with Crippen LogP contribution in [0.2, 0.25) is 0 Å². The summed E-state index contributed by atoms with van der Waals surface area (Å²) >= 11 is 0. The van der Waals surface area contributed by atoms with E-state index in [1.165, 1.54) is 40.7 Å². The van der Waals surface area contributed by atoms with Gasteiger partial charge in [-0.05, 0) is 83.0 Å². The van der Waals surface area contributed by atoms with Crippen LogP contribution >= 0.6 is 0 Å². The van der Waals surface area contributed by atoms with Gasteiger partial charge in [-0.2, -0.15) is 0 Å². The van der Waals surface area contributed by atoms with E-state index in [1.807, 2.05) is 12.1 Å². The minimum Gasteiger partial charge on any atom is -0.478 e. The largest absolute Gasteiger partial charge is 0.478 e. The molecule has 1 heterocycles. The quantitative estimate of drug-likeness (QED) is 0.519. The van der Waals surface area contributed by atoms with Crippen LogP contribution in [0.25, 0.3) is 22.5 Å². The Morgan fingerprint density at radius 3 is 2.10 bits per heavy atom. The fourth-order valence-electron chi connectivity index (χ4n) is 5.22. The van der Waals surface area contributed by atoms with Gasteiger partial charge in [0.1, 0.15) is 0 Å². The molecule has 2 aromatic carbocycles. The second-order valence-electron chi connectivity index (χ2n) is 10.4. The molecule has 0 fully saturated rings. The van der Waals surface area contributed by atoms with E-state index >= 15 is 0 Å². The molecule has 3 heteroatoms. The Kier molecular flexibility index (Phi) is 4.37. The third kappa shape index (κ3) is 3.27. The maximum Gasteiger partial charge on any atom is 0.335 e. The molecule has 3 nitrogen and oxygen atoms in total. The maximum absolute atomic E-state index is 11.2. The van der Waals surface area contributed by atoms with Gasteiger partial charge in [-0.1, -0.05) is 52.0 Å². The number of benzene rings is 2. The van der Waals surface area contributed by atoms with E-state index in [2.05, 4.69) is 52.0 Å². The molecule has 0 aliphatic heterocycles. The Balaban J connectivity index is 1.64. The van der Waals surface area contributed by atoms with Gasteiger partial charge in [0.2, 0.25) is 0 Å². The summed E-state index contributed by atoms with van der Waals surface area (Å²) in [5, 5.41) is 9.17. The van der Waals surface area contributed by atoms with Gasteiger partial charge in [0.15, 0.2) is 0 Å². The number of hydrogen-bond donors (Lipinski definition) is 1. The third-order valence-corrected chi connectivity index (χ3v) is 7.40. The molecule has 1 aromatic heterocycles. The molecule has 158 valence electrons. The molecule has 1 N–H and O–H groups in total. The van der Waals surface area contributed by atoms with Crippen molar-refractivity contribution in [1.82, 2.24) is 4.98 Å². The molecule has 0 amide bonds. The van der Waals surface area contributed by atoms with Crippen LogP contribution in [0.3, 0.4) is 0 Å². The lowest BCUT2D eigenvalue weighted by Gasteiger charge is -2.43. The summed E-state index contributed by atoms with van der Waals surface area (Å²) in [6, 6.07) is 16.1. The molecule has 0 saturated carbocycles. The summed E-state index contributed by atoms with van der Waals surface area (Å²) in [5.74, 6) is -0.908. The van der Waals surface area contributed by atoms with Gasteiger partial charge in [0.05, 0.1) is 17.0 Å². The summed E-state index contributed by atoms with van der Waals surface area (Å²) in [6.07, 6.45) is 4.48. The van der Waals surface area contributed by atoms with Crippen molar-refractivity contribution >= 4 is 5.97 Å². The third-order valence-electron chi connectivity index (χ3n) is 7.40. The number of nitrogens with zero attached hydrogens (tertiary/aromatic N) is 1. The van der Waals surface area contributed by atoms with Gasteiger partial charge in [-0.3, -0.25) is 0 Å². The average molecular weight is 412 g/mol. The van der Waals surface area contributed by atoms with E-state index in [0.717, 1.165) is 29.8 Å². The summed E-state index contributed by atoms with van der Waals surface area (Å²) in [7, 11) is 0. The molecule has 5 rings (SSSR count). The first kappa shape index (κ1) is 20.0. The van der Waals surface area contributed by atoms with Crippen molar-refractivity contribution in [3.05, 3.63) is 76.3 Å². The average Bonchev–Trinajstić information content (AvgIpc) is 2.76. The van der Waals surface area contributed by atoms with Crippen LogP contribution in [-0.4, -0.2) is 16.1 Å². The first-order chi connectivity index (χ1) is 14.7. The number of hydrogen-bond acceptors (Lipinski definition) is 2. The van der Waals surface area contributed by atoms with E-state index in [-0.39, 0.29) is 10.8 Å². The molecule has 2 aliphatic rings. The molecule has 2 aliphatic carbocycles. The minimum atomic E-state index is -0.908. The zero-order valence-electron chi connectivity index (χ0n) is 18.7. The van der Waals surface area contributed by atoms with Crippen molar-refractivity contribution in [3.63, 3.8) is 0 Å². The van der Waals surface area contributed by atoms with Crippen molar-refractivity contribution in [2.24, 2.45) is 0 Å². The van der Waals surface area contributed by atoms with Gasteiger partial charge in [0, 0.05) is 11.1 Å². The Morgan fingerprint density at radius 2 is 1.45 bits per heavy atom. The number of carboxylic acids is 1. The summed E-state index contributed by atoms with van der Waals surface area (Å²) in [5.41, 5.74) is 10.5. The van der Waals surface area contributed by atoms with E-state index in [1.54, 1.807) is 12.1 Å². The number of pyridine rings is 1. The Bertz CT molecular complexity index is 1200. The Hall–Kier alpha value is -2.94. The highest BCUT2D eigenvalue weighted by atomic mass is 16.4. The number of fused-ring (bicyclic) bond motifs is 4. The fraction of sp³-hybridized carbons (Fsp3) is 0.357. The lowest BCUT2D eigenvalue weighted by Crippen LogP contribution is -2.34. The maximum atomic E-state index is 11.2. The highest BCUT2D eigenvalue weighted by Crippen LogP contribution is 2.48. The summed E-state index contributed by atoms with van der Waals surface area (Å²) in [4.78, 5) is 16.3. The lowest BCUT2D eigenvalue weighted by molar-refractivity contribution is 0.0697. The number of carboxylic acid groups (broad SMARTS) is 1. The van der Waals surface area contributed by atoms with Crippen molar-refractivity contribution in [1.29, 1.82) is 0 Å². The lowest BCUT2D eigenvalue weighted by atomic mass is 9.62. The fourth-order valence-corrected chi connectivity index (χ4v) is 5.22. The molecule has 0 spiro atoms. The number of aryl methyl sites for hydroxylation is 2. The molecule has 3 aromatic rings. The Labute approximate surface area is 184 Å². The second kappa shape index (κ2) is 6.78. The van der Waals surface area contributed by atoms with Crippen molar-refractivity contribution in [3.8, 4) is 22.5 Å². The van der Waals surface area contributed by atoms with Crippen LogP contribution in [0.4, 0.5) is 0 Å². The van der Waals surface area contributed by atoms with E-state index in [0.29, 0.717) is 5.56 Å². The predicted octanol–water partition coefficient (Wildman–Crippen LogP) is 6.56. The molecule has 0 saturated heterocycles. The van der Waals surface area contributed by atoms with Crippen LogP contribution < -0.4 is 0 Å². The normalized spacial score (nSPS) is 17.9. The Morgan fingerprint density at radius 1 is 0.839 bits per heavy atom. The monoisotopic (exact) mass is 411 g/mol. The molecular weight excluding hydrogens is 382 g/mol. The van der Waals surface area contributed by atoms with Crippen molar-refractivity contribution in [2.45, 2.75) is 64.2 Å². The van der Waals surface area contributed by atoms with Crippen molar-refractivity contribution in [2.75, 3.05) is 0 Å². The second-order valence-corrected chi connectivity index (χ2v) is 10.4. The molecule has 31 heavy (non-hydrogen) atoms. The molecule has 0 bridgehead atoms. The minimum absolute atomic E-state index is 0.168. The standard InChI is InChI=1S/C28H29NO2/c1-27(2)13-14-28(3,4)23-16-21-20(15-22(23)27)10-7-18-11-12-24(29-25(18)21)17-5-8-19(9-6-17)26(30)31/h5-6,8-9,11-12,15-16H,7,10,13-14H2,1-4H3,(H,30,31). The van der Waals surface area contributed by atoms with Gasteiger partial charge < -0.3 is 5.11 Å². The SMILES string of the molecule is CC1(C)CCC(C)(C)c2cc3c(cc21)CCc1ccc(-c2ccc(C(=O)O)cc2)nc1-3. The highest BCUT2D eigenvalue weighted by molar-refractivity contribution is 5.88. The van der Waals surface area contributed by atoms with E-state index in [9.17, 15) is 9.90 Å². The first-order valence-corrected chi connectivity index (χ1v) is 11.2.